The molecule has 4 nitrogen and oxygen atoms in total. The summed E-state index contributed by atoms with van der Waals surface area (Å²) in [7, 11) is 0. The number of nitrogens with zero attached hydrogens (tertiary/aromatic N) is 1. The molecular formula is C21H27NO3S. The van der Waals surface area contributed by atoms with Crippen molar-refractivity contribution in [1.29, 1.82) is 0 Å². The number of hydrogen-bond donors (Lipinski definition) is 0. The van der Waals surface area contributed by atoms with Gasteiger partial charge in [-0.2, -0.15) is 11.3 Å². The van der Waals surface area contributed by atoms with Crippen LogP contribution in [0.2, 0.25) is 0 Å². The van der Waals surface area contributed by atoms with E-state index in [0.717, 1.165) is 37.2 Å². The van der Waals surface area contributed by atoms with E-state index in [1.165, 1.54) is 5.56 Å². The van der Waals surface area contributed by atoms with Crippen molar-refractivity contribution < 1.29 is 14.3 Å². The third kappa shape index (κ3) is 5.58. The molecule has 0 saturated carbocycles. The summed E-state index contributed by atoms with van der Waals surface area (Å²) in [6, 6.07) is 10.2. The highest BCUT2D eigenvalue weighted by Crippen LogP contribution is 2.19. The fraction of sp³-hybridized carbons (Fsp3) is 0.476. The van der Waals surface area contributed by atoms with Gasteiger partial charge in [-0.05, 0) is 52.9 Å². The van der Waals surface area contributed by atoms with E-state index in [-0.39, 0.29) is 12.0 Å². The largest absolute Gasteiger partial charge is 0.493 e. The molecule has 5 heteroatoms. The molecule has 1 amide bonds. The van der Waals surface area contributed by atoms with Gasteiger partial charge in [-0.1, -0.05) is 19.1 Å². The third-order valence-corrected chi connectivity index (χ3v) is 5.35. The first kappa shape index (κ1) is 18.9. The summed E-state index contributed by atoms with van der Waals surface area (Å²) in [5.74, 6) is 1.03. The molecule has 1 aromatic carbocycles. The van der Waals surface area contributed by atoms with E-state index in [1.54, 1.807) is 11.3 Å². The van der Waals surface area contributed by atoms with Crippen LogP contribution in [0.5, 0.6) is 5.75 Å². The van der Waals surface area contributed by atoms with Gasteiger partial charge in [0.05, 0.1) is 12.7 Å². The van der Waals surface area contributed by atoms with Gasteiger partial charge in [0.25, 0.3) is 0 Å². The average Bonchev–Trinajstić information content (AvgIpc) is 3.35. The molecule has 0 spiro atoms. The molecule has 0 radical (unpaired) electrons. The first-order chi connectivity index (χ1) is 12.7. The lowest BCUT2D eigenvalue weighted by molar-refractivity contribution is -0.133. The number of ether oxygens (including phenoxy) is 2. The van der Waals surface area contributed by atoms with Crippen molar-refractivity contribution in [3.63, 3.8) is 0 Å². The predicted molar refractivity (Wildman–Crippen MR) is 105 cm³/mol. The van der Waals surface area contributed by atoms with Crippen molar-refractivity contribution in [3.8, 4) is 5.75 Å². The van der Waals surface area contributed by atoms with Crippen LogP contribution in [-0.4, -0.2) is 36.7 Å². The van der Waals surface area contributed by atoms with Crippen molar-refractivity contribution in [1.82, 2.24) is 4.90 Å². The molecule has 0 N–H and O–H groups in total. The Bertz CT molecular complexity index is 680. The van der Waals surface area contributed by atoms with Crippen molar-refractivity contribution >= 4 is 17.2 Å². The second kappa shape index (κ2) is 9.74. The van der Waals surface area contributed by atoms with Crippen LogP contribution in [0.3, 0.4) is 0 Å². The summed E-state index contributed by atoms with van der Waals surface area (Å²) >= 11 is 1.71. The normalized spacial score (nSPS) is 16.6. The van der Waals surface area contributed by atoms with Gasteiger partial charge < -0.3 is 14.4 Å². The fourth-order valence-corrected chi connectivity index (χ4v) is 3.89. The molecule has 1 saturated heterocycles. The zero-order chi connectivity index (χ0) is 18.2. The maximum Gasteiger partial charge on any atom is 0.222 e. The van der Waals surface area contributed by atoms with Crippen molar-refractivity contribution in [2.24, 2.45) is 0 Å². The molecule has 1 atom stereocenters. The van der Waals surface area contributed by atoms with Crippen LogP contribution in [0.4, 0.5) is 0 Å². The summed E-state index contributed by atoms with van der Waals surface area (Å²) < 4.78 is 11.6. The molecule has 0 aliphatic carbocycles. The lowest BCUT2D eigenvalue weighted by Gasteiger charge is -2.25. The second-order valence-electron chi connectivity index (χ2n) is 6.64. The van der Waals surface area contributed by atoms with Gasteiger partial charge in [-0.25, -0.2) is 0 Å². The smallest absolute Gasteiger partial charge is 0.222 e. The van der Waals surface area contributed by atoms with Gasteiger partial charge >= 0.3 is 0 Å². The van der Waals surface area contributed by atoms with Gasteiger partial charge in [0, 0.05) is 32.5 Å². The summed E-state index contributed by atoms with van der Waals surface area (Å²) in [4.78, 5) is 14.2. The Balaban J connectivity index is 1.56. The van der Waals surface area contributed by atoms with Crippen LogP contribution in [-0.2, 0) is 22.5 Å². The van der Waals surface area contributed by atoms with Crippen LogP contribution in [0.25, 0.3) is 0 Å². The summed E-state index contributed by atoms with van der Waals surface area (Å²) in [6.45, 7) is 4.67. The number of rotatable bonds is 9. The maximum absolute atomic E-state index is 12.3. The van der Waals surface area contributed by atoms with Crippen LogP contribution in [0.15, 0.2) is 41.1 Å². The van der Waals surface area contributed by atoms with E-state index in [2.05, 4.69) is 22.9 Å². The molecule has 26 heavy (non-hydrogen) atoms. The number of carbonyl (C=O) groups excluding carboxylic acids is 1. The van der Waals surface area contributed by atoms with Crippen molar-refractivity contribution in [2.45, 2.75) is 45.3 Å². The lowest BCUT2D eigenvalue weighted by Crippen LogP contribution is -2.36. The van der Waals surface area contributed by atoms with E-state index in [9.17, 15) is 4.79 Å². The average molecular weight is 374 g/mol. The van der Waals surface area contributed by atoms with E-state index < -0.39 is 0 Å². The third-order valence-electron chi connectivity index (χ3n) is 4.61. The van der Waals surface area contributed by atoms with Gasteiger partial charge in [-0.15, -0.1) is 0 Å². The Labute approximate surface area is 159 Å². The monoisotopic (exact) mass is 373 g/mol. The highest BCUT2D eigenvalue weighted by molar-refractivity contribution is 7.07. The second-order valence-corrected chi connectivity index (χ2v) is 7.42. The van der Waals surface area contributed by atoms with Crippen molar-refractivity contribution in [2.75, 3.05) is 19.8 Å². The molecule has 2 heterocycles. The Hall–Kier alpha value is -1.85. The van der Waals surface area contributed by atoms with Crippen LogP contribution < -0.4 is 4.74 Å². The Morgan fingerprint density at radius 1 is 1.35 bits per heavy atom. The van der Waals surface area contributed by atoms with Crippen LogP contribution >= 0.6 is 11.3 Å². The van der Waals surface area contributed by atoms with Crippen LogP contribution in [0.1, 0.15) is 37.3 Å². The summed E-state index contributed by atoms with van der Waals surface area (Å²) in [6.07, 6.45) is 3.73. The van der Waals surface area contributed by atoms with Gasteiger partial charge in [0.1, 0.15) is 5.75 Å². The Morgan fingerprint density at radius 2 is 2.27 bits per heavy atom. The Morgan fingerprint density at radius 3 is 3.00 bits per heavy atom. The molecule has 1 aliphatic rings. The number of hydrogen-bond acceptors (Lipinski definition) is 4. The summed E-state index contributed by atoms with van der Waals surface area (Å²) in [5, 5.41) is 4.24. The first-order valence-corrected chi connectivity index (χ1v) is 10.3. The van der Waals surface area contributed by atoms with Crippen molar-refractivity contribution in [3.05, 3.63) is 52.2 Å². The highest BCUT2D eigenvalue weighted by Gasteiger charge is 2.22. The highest BCUT2D eigenvalue weighted by atomic mass is 32.1. The zero-order valence-electron chi connectivity index (χ0n) is 15.4. The zero-order valence-corrected chi connectivity index (χ0v) is 16.2. The number of thiophene rings is 1. The molecule has 1 aromatic heterocycles. The number of amides is 1. The molecule has 1 fully saturated rings. The molecule has 0 bridgehead atoms. The lowest BCUT2D eigenvalue weighted by atomic mass is 10.1. The van der Waals surface area contributed by atoms with Gasteiger partial charge in [-0.3, -0.25) is 4.79 Å². The number of benzene rings is 1. The molecule has 3 rings (SSSR count). The SMILES string of the molecule is CCC(=O)N(Cc1cccc(OCCc2ccsc2)c1)C[C@@H]1CCCO1. The summed E-state index contributed by atoms with van der Waals surface area (Å²) in [5.41, 5.74) is 2.40. The predicted octanol–water partition coefficient (Wildman–Crippen LogP) is 4.29. The minimum absolute atomic E-state index is 0.171. The van der Waals surface area contributed by atoms with E-state index in [4.69, 9.17) is 9.47 Å². The number of carbonyl (C=O) groups is 1. The Kier molecular flexibility index (Phi) is 7.09. The van der Waals surface area contributed by atoms with E-state index in [0.29, 0.717) is 26.1 Å². The quantitative estimate of drug-likeness (QED) is 0.658. The first-order valence-electron chi connectivity index (χ1n) is 9.37. The van der Waals surface area contributed by atoms with Crippen LogP contribution in [0, 0.1) is 0 Å². The molecule has 2 aromatic rings. The molecular weight excluding hydrogens is 346 g/mol. The van der Waals surface area contributed by atoms with E-state index >= 15 is 0 Å². The maximum atomic E-state index is 12.3. The standard InChI is InChI=1S/C21H27NO3S/c1-2-21(23)22(15-20-7-4-10-24-20)14-18-5-3-6-19(13-18)25-11-8-17-9-12-26-16-17/h3,5-6,9,12-13,16,20H,2,4,7-8,10-11,14-15H2,1H3/t20-/m0/s1. The molecule has 0 unspecified atom stereocenters. The fourth-order valence-electron chi connectivity index (χ4n) is 3.19. The minimum atomic E-state index is 0.171. The molecule has 1 aliphatic heterocycles. The topological polar surface area (TPSA) is 38.8 Å². The minimum Gasteiger partial charge on any atom is -0.493 e. The van der Waals surface area contributed by atoms with Gasteiger partial charge in [0.2, 0.25) is 5.91 Å². The van der Waals surface area contributed by atoms with E-state index in [1.807, 2.05) is 30.0 Å². The van der Waals surface area contributed by atoms with Gasteiger partial charge in [0.15, 0.2) is 0 Å². The molecule has 140 valence electrons.